The summed E-state index contributed by atoms with van der Waals surface area (Å²) in [6.07, 6.45) is -0.836. The van der Waals surface area contributed by atoms with Gasteiger partial charge in [-0.1, -0.05) is 40.7 Å². The molecule has 1 N–H and O–H groups in total. The van der Waals surface area contributed by atoms with E-state index in [1.165, 1.54) is 5.56 Å². The lowest BCUT2D eigenvalue weighted by molar-refractivity contribution is -0.147. The molecule has 0 bridgehead atoms. The van der Waals surface area contributed by atoms with Crippen molar-refractivity contribution >= 4 is 21.9 Å². The van der Waals surface area contributed by atoms with Crippen molar-refractivity contribution in [1.29, 1.82) is 0 Å². The van der Waals surface area contributed by atoms with Gasteiger partial charge in [0.15, 0.2) is 6.10 Å². The van der Waals surface area contributed by atoms with Gasteiger partial charge >= 0.3 is 5.97 Å². The van der Waals surface area contributed by atoms with Gasteiger partial charge in [-0.15, -0.1) is 0 Å². The largest absolute Gasteiger partial charge is 0.478 e. The first-order chi connectivity index (χ1) is 8.62. The predicted molar refractivity (Wildman–Crippen MR) is 79.7 cm³/mol. The molecule has 4 heteroatoms. The Morgan fingerprint density at radius 2 is 1.89 bits per heavy atom. The second-order valence-corrected chi connectivity index (χ2v) is 6.87. The van der Waals surface area contributed by atoms with Crippen LogP contribution >= 0.6 is 15.9 Å². The number of hydrogen-bond acceptors (Lipinski definition) is 2. The van der Waals surface area contributed by atoms with E-state index >= 15 is 0 Å². The zero-order valence-corrected chi connectivity index (χ0v) is 13.6. The van der Waals surface area contributed by atoms with E-state index in [9.17, 15) is 4.79 Å². The molecule has 0 radical (unpaired) electrons. The quantitative estimate of drug-likeness (QED) is 0.899. The van der Waals surface area contributed by atoms with E-state index in [4.69, 9.17) is 9.84 Å². The third-order valence-corrected chi connectivity index (χ3v) is 3.52. The number of ether oxygens (including phenoxy) is 1. The first kappa shape index (κ1) is 16.0. The number of carbonyl (C=O) groups is 1. The van der Waals surface area contributed by atoms with E-state index in [1.54, 1.807) is 0 Å². The van der Waals surface area contributed by atoms with E-state index in [-0.39, 0.29) is 11.3 Å². The SMILES string of the molecule is CC(C)[C@@H](Oc1ccc(C(C)(C)C)cc1Br)C(=O)O. The molecule has 0 aliphatic heterocycles. The summed E-state index contributed by atoms with van der Waals surface area (Å²) in [5.74, 6) is -0.470. The molecule has 19 heavy (non-hydrogen) atoms. The third kappa shape index (κ3) is 4.23. The Balaban J connectivity index is 3.00. The van der Waals surface area contributed by atoms with Crippen molar-refractivity contribution in [2.75, 3.05) is 0 Å². The van der Waals surface area contributed by atoms with Gasteiger partial charge in [0.2, 0.25) is 0 Å². The molecule has 0 aliphatic rings. The molecule has 0 unspecified atom stereocenters. The maximum atomic E-state index is 11.1. The molecule has 0 amide bonds. The highest BCUT2D eigenvalue weighted by Crippen LogP contribution is 2.32. The van der Waals surface area contributed by atoms with E-state index in [1.807, 2.05) is 32.0 Å². The van der Waals surface area contributed by atoms with Crippen LogP contribution in [0.25, 0.3) is 0 Å². The van der Waals surface area contributed by atoms with Gasteiger partial charge in [0.25, 0.3) is 0 Å². The third-order valence-electron chi connectivity index (χ3n) is 2.90. The monoisotopic (exact) mass is 328 g/mol. The van der Waals surface area contributed by atoms with E-state index in [2.05, 4.69) is 36.7 Å². The summed E-state index contributed by atoms with van der Waals surface area (Å²) in [7, 11) is 0. The summed E-state index contributed by atoms with van der Waals surface area (Å²) in [6, 6.07) is 5.77. The zero-order valence-electron chi connectivity index (χ0n) is 12.0. The average molecular weight is 329 g/mol. The Morgan fingerprint density at radius 3 is 2.26 bits per heavy atom. The summed E-state index contributed by atoms with van der Waals surface area (Å²) in [5.41, 5.74) is 1.22. The van der Waals surface area contributed by atoms with Crippen LogP contribution in [0.5, 0.6) is 5.75 Å². The number of aliphatic carboxylic acids is 1. The normalized spacial score (nSPS) is 13.4. The van der Waals surface area contributed by atoms with Crippen molar-refractivity contribution in [2.24, 2.45) is 5.92 Å². The number of carboxylic acids is 1. The summed E-state index contributed by atoms with van der Waals surface area (Å²) < 4.78 is 6.37. The lowest BCUT2D eigenvalue weighted by Crippen LogP contribution is -2.32. The smallest absolute Gasteiger partial charge is 0.345 e. The molecule has 106 valence electrons. The predicted octanol–water partition coefficient (Wildman–Crippen LogP) is 4.23. The fourth-order valence-corrected chi connectivity index (χ4v) is 2.14. The second-order valence-electron chi connectivity index (χ2n) is 6.02. The van der Waals surface area contributed by atoms with E-state index < -0.39 is 12.1 Å². The lowest BCUT2D eigenvalue weighted by atomic mass is 9.87. The fourth-order valence-electron chi connectivity index (χ4n) is 1.67. The molecule has 0 heterocycles. The van der Waals surface area contributed by atoms with Gasteiger partial charge in [0, 0.05) is 5.92 Å². The standard InChI is InChI=1S/C15H21BrO3/c1-9(2)13(14(17)18)19-12-7-6-10(8-11(12)16)15(3,4)5/h6-9,13H,1-5H3,(H,17,18)/t13-/m1/s1. The molecule has 0 saturated carbocycles. The first-order valence-electron chi connectivity index (χ1n) is 6.32. The minimum absolute atomic E-state index is 0.0469. The number of hydrogen-bond donors (Lipinski definition) is 1. The van der Waals surface area contributed by atoms with Crippen LogP contribution in [0.4, 0.5) is 0 Å². The Morgan fingerprint density at radius 1 is 1.32 bits per heavy atom. The summed E-state index contributed by atoms with van der Waals surface area (Å²) in [5, 5.41) is 9.14. The Labute approximate surface area is 123 Å². The maximum Gasteiger partial charge on any atom is 0.345 e. The molecular formula is C15H21BrO3. The number of rotatable bonds is 4. The molecule has 0 aromatic heterocycles. The molecule has 1 rings (SSSR count). The highest BCUT2D eigenvalue weighted by atomic mass is 79.9. The van der Waals surface area contributed by atoms with Crippen molar-refractivity contribution in [2.45, 2.75) is 46.1 Å². The lowest BCUT2D eigenvalue weighted by Gasteiger charge is -2.22. The topological polar surface area (TPSA) is 46.5 Å². The van der Waals surface area contributed by atoms with Gasteiger partial charge in [-0.05, 0) is 39.0 Å². The Kier molecular flexibility index (Phi) is 5.02. The Bertz CT molecular complexity index is 461. The second kappa shape index (κ2) is 5.95. The summed E-state index contributed by atoms with van der Waals surface area (Å²) in [4.78, 5) is 11.1. The van der Waals surface area contributed by atoms with Gasteiger partial charge in [-0.3, -0.25) is 0 Å². The first-order valence-corrected chi connectivity index (χ1v) is 7.11. The minimum atomic E-state index is -0.943. The van der Waals surface area contributed by atoms with Crippen molar-refractivity contribution in [3.8, 4) is 5.75 Å². The summed E-state index contributed by atoms with van der Waals surface area (Å²) >= 11 is 3.45. The Hall–Kier alpha value is -1.03. The molecule has 0 aliphatic carbocycles. The fraction of sp³-hybridized carbons (Fsp3) is 0.533. The zero-order chi connectivity index (χ0) is 14.8. The van der Waals surface area contributed by atoms with Crippen molar-refractivity contribution in [3.05, 3.63) is 28.2 Å². The van der Waals surface area contributed by atoms with Crippen molar-refractivity contribution in [1.82, 2.24) is 0 Å². The molecule has 1 aromatic rings. The van der Waals surface area contributed by atoms with Crippen molar-refractivity contribution in [3.63, 3.8) is 0 Å². The highest BCUT2D eigenvalue weighted by molar-refractivity contribution is 9.10. The molecule has 3 nitrogen and oxygen atoms in total. The van der Waals surface area contributed by atoms with Crippen LogP contribution in [-0.4, -0.2) is 17.2 Å². The van der Waals surface area contributed by atoms with Gasteiger partial charge in [-0.2, -0.15) is 0 Å². The van der Waals surface area contributed by atoms with Gasteiger partial charge < -0.3 is 9.84 Å². The van der Waals surface area contributed by atoms with Crippen LogP contribution in [-0.2, 0) is 10.2 Å². The minimum Gasteiger partial charge on any atom is -0.478 e. The molecular weight excluding hydrogens is 308 g/mol. The highest BCUT2D eigenvalue weighted by Gasteiger charge is 2.24. The van der Waals surface area contributed by atoms with E-state index in [0.29, 0.717) is 5.75 Å². The summed E-state index contributed by atoms with van der Waals surface area (Å²) in [6.45, 7) is 10.0. The molecule has 1 aromatic carbocycles. The maximum absolute atomic E-state index is 11.1. The van der Waals surface area contributed by atoms with Gasteiger partial charge in [0.1, 0.15) is 5.75 Å². The van der Waals surface area contributed by atoms with E-state index in [0.717, 1.165) is 4.47 Å². The van der Waals surface area contributed by atoms with Crippen molar-refractivity contribution < 1.29 is 14.6 Å². The van der Waals surface area contributed by atoms with Crippen LogP contribution in [0, 0.1) is 5.92 Å². The number of halogens is 1. The number of benzene rings is 1. The van der Waals surface area contributed by atoms with Gasteiger partial charge in [0.05, 0.1) is 4.47 Å². The molecule has 0 spiro atoms. The van der Waals surface area contributed by atoms with Gasteiger partial charge in [-0.25, -0.2) is 4.79 Å². The van der Waals surface area contributed by atoms with Crippen LogP contribution < -0.4 is 4.74 Å². The molecule has 1 atom stereocenters. The van der Waals surface area contributed by atoms with Crippen LogP contribution in [0.2, 0.25) is 0 Å². The molecule has 0 saturated heterocycles. The average Bonchev–Trinajstić information content (AvgIpc) is 2.24. The van der Waals surface area contributed by atoms with Crippen LogP contribution in [0.1, 0.15) is 40.2 Å². The van der Waals surface area contributed by atoms with Crippen LogP contribution in [0.15, 0.2) is 22.7 Å². The number of carboxylic acid groups (broad SMARTS) is 1. The molecule has 0 fully saturated rings. The van der Waals surface area contributed by atoms with Crippen LogP contribution in [0.3, 0.4) is 0 Å².